The molecule has 1 aromatic carbocycles. The van der Waals surface area contributed by atoms with Crippen LogP contribution in [0, 0.1) is 11.7 Å². The summed E-state index contributed by atoms with van der Waals surface area (Å²) in [6.07, 6.45) is 4.30. The highest BCUT2D eigenvalue weighted by Crippen LogP contribution is 2.28. The monoisotopic (exact) mass is 426 g/mol. The maximum atomic E-state index is 13.1. The van der Waals surface area contributed by atoms with Crippen LogP contribution in [-0.2, 0) is 4.79 Å². The van der Waals surface area contributed by atoms with Crippen molar-refractivity contribution in [3.05, 3.63) is 65.2 Å². The van der Waals surface area contributed by atoms with Crippen molar-refractivity contribution in [2.45, 2.75) is 31.7 Å². The molecule has 2 heterocycles. The van der Waals surface area contributed by atoms with Gasteiger partial charge < -0.3 is 10.6 Å². The zero-order chi connectivity index (χ0) is 21.1. The van der Waals surface area contributed by atoms with Gasteiger partial charge in [-0.15, -0.1) is 0 Å². The summed E-state index contributed by atoms with van der Waals surface area (Å²) in [5.74, 6) is -1.02. The second kappa shape index (κ2) is 8.75. The van der Waals surface area contributed by atoms with E-state index in [2.05, 4.69) is 20.6 Å². The molecule has 4 rings (SSSR count). The third kappa shape index (κ3) is 4.57. The first-order chi connectivity index (χ1) is 14.5. The summed E-state index contributed by atoms with van der Waals surface area (Å²) in [6.45, 7) is 0. The van der Waals surface area contributed by atoms with Crippen LogP contribution in [0.25, 0.3) is 11.0 Å². The van der Waals surface area contributed by atoms with E-state index in [1.54, 1.807) is 12.3 Å². The van der Waals surface area contributed by atoms with Gasteiger partial charge in [-0.1, -0.05) is 11.6 Å². The summed E-state index contributed by atoms with van der Waals surface area (Å²) in [6, 6.07) is 11.1. The van der Waals surface area contributed by atoms with Crippen LogP contribution < -0.4 is 10.6 Å². The molecular formula is C22H20ClFN4O2. The van der Waals surface area contributed by atoms with Gasteiger partial charge in [0.2, 0.25) is 5.91 Å². The molecule has 6 nitrogen and oxygen atoms in total. The van der Waals surface area contributed by atoms with Gasteiger partial charge in [0.15, 0.2) is 5.65 Å². The molecule has 1 saturated carbocycles. The fourth-order valence-corrected chi connectivity index (χ4v) is 3.88. The van der Waals surface area contributed by atoms with E-state index >= 15 is 0 Å². The van der Waals surface area contributed by atoms with Crippen molar-refractivity contribution in [3.63, 3.8) is 0 Å². The number of carbonyl (C=O) groups is 2. The Morgan fingerprint density at radius 3 is 2.63 bits per heavy atom. The first kappa shape index (κ1) is 20.2. The first-order valence-electron chi connectivity index (χ1n) is 9.78. The van der Waals surface area contributed by atoms with Gasteiger partial charge in [-0.05, 0) is 68.1 Å². The maximum Gasteiger partial charge on any atom is 0.270 e. The normalized spacial score (nSPS) is 18.7. The molecular weight excluding hydrogens is 407 g/mol. The van der Waals surface area contributed by atoms with Crippen LogP contribution in [0.4, 0.5) is 10.1 Å². The van der Waals surface area contributed by atoms with Crippen molar-refractivity contribution in [1.29, 1.82) is 0 Å². The van der Waals surface area contributed by atoms with Gasteiger partial charge in [-0.3, -0.25) is 9.59 Å². The summed E-state index contributed by atoms with van der Waals surface area (Å²) >= 11 is 5.97. The Hall–Kier alpha value is -3.06. The molecule has 0 unspecified atom stereocenters. The van der Waals surface area contributed by atoms with E-state index in [-0.39, 0.29) is 28.8 Å². The Kier molecular flexibility index (Phi) is 5.90. The topological polar surface area (TPSA) is 84.0 Å². The average Bonchev–Trinajstić information content (AvgIpc) is 2.75. The molecule has 0 saturated heterocycles. The fraction of sp³-hybridized carbons (Fsp3) is 0.273. The third-order valence-corrected chi connectivity index (χ3v) is 5.63. The molecule has 3 aromatic rings. The SMILES string of the molecule is O=C(NC1CCC(C(=O)Nc2ccc(F)cc2Cl)CC1)c1ccc2cccnc2n1. The first-order valence-corrected chi connectivity index (χ1v) is 10.2. The number of anilines is 1. The Morgan fingerprint density at radius 2 is 1.87 bits per heavy atom. The Bertz CT molecular complexity index is 1100. The van der Waals surface area contributed by atoms with Gasteiger partial charge in [0, 0.05) is 23.5 Å². The molecule has 2 aromatic heterocycles. The van der Waals surface area contributed by atoms with Crippen LogP contribution >= 0.6 is 11.6 Å². The predicted octanol–water partition coefficient (Wildman–Crippen LogP) is 4.35. The Balaban J connectivity index is 1.31. The molecule has 1 aliphatic rings. The zero-order valence-electron chi connectivity index (χ0n) is 16.1. The number of hydrogen-bond donors (Lipinski definition) is 2. The lowest BCUT2D eigenvalue weighted by Gasteiger charge is -2.28. The molecule has 0 aliphatic heterocycles. The van der Waals surface area contributed by atoms with Gasteiger partial charge in [0.1, 0.15) is 11.5 Å². The van der Waals surface area contributed by atoms with E-state index in [9.17, 15) is 14.0 Å². The number of aromatic nitrogens is 2. The summed E-state index contributed by atoms with van der Waals surface area (Å²) in [7, 11) is 0. The summed E-state index contributed by atoms with van der Waals surface area (Å²) in [4.78, 5) is 33.6. The van der Waals surface area contributed by atoms with Crippen molar-refractivity contribution in [2.24, 2.45) is 5.92 Å². The lowest BCUT2D eigenvalue weighted by molar-refractivity contribution is -0.120. The minimum Gasteiger partial charge on any atom is -0.348 e. The van der Waals surface area contributed by atoms with E-state index in [4.69, 9.17) is 11.6 Å². The van der Waals surface area contributed by atoms with E-state index in [1.807, 2.05) is 18.2 Å². The molecule has 30 heavy (non-hydrogen) atoms. The third-order valence-electron chi connectivity index (χ3n) is 5.32. The number of carbonyl (C=O) groups excluding carboxylic acids is 2. The van der Waals surface area contributed by atoms with Crippen LogP contribution in [0.15, 0.2) is 48.7 Å². The molecule has 154 valence electrons. The number of hydrogen-bond acceptors (Lipinski definition) is 4. The van der Waals surface area contributed by atoms with Gasteiger partial charge in [0.25, 0.3) is 5.91 Å². The molecule has 1 aliphatic carbocycles. The highest BCUT2D eigenvalue weighted by atomic mass is 35.5. The Morgan fingerprint density at radius 1 is 1.07 bits per heavy atom. The quantitative estimate of drug-likeness (QED) is 0.649. The largest absolute Gasteiger partial charge is 0.348 e. The van der Waals surface area contributed by atoms with Crippen LogP contribution in [-0.4, -0.2) is 27.8 Å². The van der Waals surface area contributed by atoms with Gasteiger partial charge >= 0.3 is 0 Å². The van der Waals surface area contributed by atoms with Crippen molar-refractivity contribution >= 4 is 40.1 Å². The number of nitrogens with zero attached hydrogens (tertiary/aromatic N) is 2. The standard InChI is InChI=1S/C22H20ClFN4O2/c23-17-12-15(24)6-10-18(17)28-21(29)14-3-7-16(8-4-14)26-22(30)19-9-5-13-2-1-11-25-20(13)27-19/h1-2,5-6,9-12,14,16H,3-4,7-8H2,(H,26,30)(H,28,29). The van der Waals surface area contributed by atoms with E-state index < -0.39 is 5.82 Å². The molecule has 0 atom stereocenters. The summed E-state index contributed by atoms with van der Waals surface area (Å²) in [5.41, 5.74) is 1.26. The van der Waals surface area contributed by atoms with Crippen LogP contribution in [0.3, 0.4) is 0 Å². The number of rotatable bonds is 4. The lowest BCUT2D eigenvalue weighted by Crippen LogP contribution is -2.39. The van der Waals surface area contributed by atoms with Crippen LogP contribution in [0.1, 0.15) is 36.2 Å². The number of nitrogens with one attached hydrogen (secondary N) is 2. The molecule has 0 bridgehead atoms. The molecule has 2 amide bonds. The number of halogens is 2. The fourth-order valence-electron chi connectivity index (χ4n) is 3.66. The van der Waals surface area contributed by atoms with Crippen molar-refractivity contribution in [1.82, 2.24) is 15.3 Å². The van der Waals surface area contributed by atoms with Gasteiger partial charge in [-0.2, -0.15) is 0 Å². The maximum absolute atomic E-state index is 13.1. The van der Waals surface area contributed by atoms with Crippen molar-refractivity contribution in [3.8, 4) is 0 Å². The average molecular weight is 427 g/mol. The second-order valence-corrected chi connectivity index (χ2v) is 7.79. The summed E-state index contributed by atoms with van der Waals surface area (Å²) < 4.78 is 13.1. The van der Waals surface area contributed by atoms with E-state index in [1.165, 1.54) is 18.2 Å². The Labute approximate surface area is 177 Å². The number of benzene rings is 1. The number of pyridine rings is 2. The predicted molar refractivity (Wildman–Crippen MR) is 113 cm³/mol. The molecule has 1 fully saturated rings. The number of amides is 2. The van der Waals surface area contributed by atoms with E-state index in [0.717, 1.165) is 5.39 Å². The van der Waals surface area contributed by atoms with Gasteiger partial charge in [-0.25, -0.2) is 14.4 Å². The highest BCUT2D eigenvalue weighted by molar-refractivity contribution is 6.33. The van der Waals surface area contributed by atoms with Crippen molar-refractivity contribution in [2.75, 3.05) is 5.32 Å². The van der Waals surface area contributed by atoms with Crippen LogP contribution in [0.2, 0.25) is 5.02 Å². The number of fused-ring (bicyclic) bond motifs is 1. The molecule has 8 heteroatoms. The second-order valence-electron chi connectivity index (χ2n) is 7.38. The van der Waals surface area contributed by atoms with Gasteiger partial charge in [0.05, 0.1) is 10.7 Å². The smallest absolute Gasteiger partial charge is 0.270 e. The molecule has 0 spiro atoms. The zero-order valence-corrected chi connectivity index (χ0v) is 16.8. The van der Waals surface area contributed by atoms with Crippen molar-refractivity contribution < 1.29 is 14.0 Å². The highest BCUT2D eigenvalue weighted by Gasteiger charge is 2.28. The minimum atomic E-state index is -0.453. The molecule has 0 radical (unpaired) electrons. The van der Waals surface area contributed by atoms with Crippen LogP contribution in [0.5, 0.6) is 0 Å². The van der Waals surface area contributed by atoms with E-state index in [0.29, 0.717) is 42.7 Å². The molecule has 2 N–H and O–H groups in total. The summed E-state index contributed by atoms with van der Waals surface area (Å²) in [5, 5.41) is 6.81. The lowest BCUT2D eigenvalue weighted by atomic mass is 9.85. The minimum absolute atomic E-state index is 0.0165.